The van der Waals surface area contributed by atoms with E-state index in [1.807, 2.05) is 30.3 Å². The second-order valence-corrected chi connectivity index (χ2v) is 4.37. The van der Waals surface area contributed by atoms with Crippen LogP contribution < -0.4 is 4.74 Å². The summed E-state index contributed by atoms with van der Waals surface area (Å²) in [6, 6.07) is 16.2. The SMILES string of the molecule is O=C1c2ccccc2O[C@@]1(O)Cc1ccccc1. The maximum Gasteiger partial charge on any atom is 0.276 e. The number of aliphatic hydroxyl groups is 1. The van der Waals surface area contributed by atoms with Gasteiger partial charge in [-0.3, -0.25) is 4.79 Å². The average Bonchev–Trinajstić information content (AvgIpc) is 2.63. The van der Waals surface area contributed by atoms with Gasteiger partial charge in [-0.05, 0) is 17.7 Å². The molecule has 0 aromatic heterocycles. The molecule has 1 aliphatic rings. The van der Waals surface area contributed by atoms with Crippen LogP contribution in [0.1, 0.15) is 15.9 Å². The van der Waals surface area contributed by atoms with Crippen molar-refractivity contribution in [1.29, 1.82) is 0 Å². The molecule has 18 heavy (non-hydrogen) atoms. The highest BCUT2D eigenvalue weighted by Gasteiger charge is 2.46. The standard InChI is InChI=1S/C15H12O3/c16-14-12-8-4-5-9-13(12)18-15(14,17)10-11-6-2-1-3-7-11/h1-9,17H,10H2/t15-/m0/s1. The van der Waals surface area contributed by atoms with Crippen LogP contribution in [0.4, 0.5) is 0 Å². The fourth-order valence-electron chi connectivity index (χ4n) is 2.17. The smallest absolute Gasteiger partial charge is 0.276 e. The summed E-state index contributed by atoms with van der Waals surface area (Å²) in [6.07, 6.45) is 0.154. The number of fused-ring (bicyclic) bond motifs is 1. The van der Waals surface area contributed by atoms with Gasteiger partial charge in [0.2, 0.25) is 5.78 Å². The van der Waals surface area contributed by atoms with Crippen molar-refractivity contribution in [2.75, 3.05) is 0 Å². The van der Waals surface area contributed by atoms with Gasteiger partial charge in [0, 0.05) is 6.42 Å². The fraction of sp³-hybridized carbons (Fsp3) is 0.133. The zero-order valence-corrected chi connectivity index (χ0v) is 9.67. The van der Waals surface area contributed by atoms with E-state index in [2.05, 4.69) is 0 Å². The topological polar surface area (TPSA) is 46.5 Å². The highest BCUT2D eigenvalue weighted by molar-refractivity contribution is 6.06. The molecular weight excluding hydrogens is 228 g/mol. The van der Waals surface area contributed by atoms with E-state index in [1.54, 1.807) is 24.3 Å². The molecule has 2 aromatic rings. The molecule has 1 N–H and O–H groups in total. The van der Waals surface area contributed by atoms with Gasteiger partial charge in [-0.15, -0.1) is 0 Å². The molecule has 0 unspecified atom stereocenters. The number of Topliss-reactive ketones (excluding diaryl/α,β-unsaturated/α-hetero) is 1. The summed E-state index contributed by atoms with van der Waals surface area (Å²) < 4.78 is 5.42. The molecule has 3 heteroatoms. The van der Waals surface area contributed by atoms with Crippen LogP contribution in [0.3, 0.4) is 0 Å². The van der Waals surface area contributed by atoms with Gasteiger partial charge in [0.25, 0.3) is 5.79 Å². The maximum absolute atomic E-state index is 12.1. The Kier molecular flexibility index (Phi) is 2.42. The van der Waals surface area contributed by atoms with Gasteiger partial charge in [-0.2, -0.15) is 0 Å². The predicted octanol–water partition coefficient (Wildman–Crippen LogP) is 2.19. The largest absolute Gasteiger partial charge is 0.453 e. The second kappa shape index (κ2) is 3.96. The molecule has 3 rings (SSSR count). The van der Waals surface area contributed by atoms with E-state index in [-0.39, 0.29) is 12.2 Å². The minimum absolute atomic E-state index is 0.154. The summed E-state index contributed by atoms with van der Waals surface area (Å²) in [4.78, 5) is 12.1. The molecular formula is C15H12O3. The van der Waals surface area contributed by atoms with E-state index in [4.69, 9.17) is 4.74 Å². The van der Waals surface area contributed by atoms with E-state index < -0.39 is 5.79 Å². The third-order valence-corrected chi connectivity index (χ3v) is 3.05. The lowest BCUT2D eigenvalue weighted by atomic mass is 9.99. The molecule has 0 bridgehead atoms. The molecule has 0 amide bonds. The first-order valence-electron chi connectivity index (χ1n) is 5.78. The monoisotopic (exact) mass is 240 g/mol. The van der Waals surface area contributed by atoms with Gasteiger partial charge in [0.05, 0.1) is 5.56 Å². The molecule has 0 fully saturated rings. The second-order valence-electron chi connectivity index (χ2n) is 4.37. The Morgan fingerprint density at radius 2 is 1.67 bits per heavy atom. The van der Waals surface area contributed by atoms with Crippen molar-refractivity contribution >= 4 is 5.78 Å². The van der Waals surface area contributed by atoms with Crippen LogP contribution in [-0.2, 0) is 6.42 Å². The molecule has 0 saturated heterocycles. The molecule has 1 heterocycles. The molecule has 90 valence electrons. The Balaban J connectivity index is 1.93. The van der Waals surface area contributed by atoms with Crippen LogP contribution in [0.15, 0.2) is 54.6 Å². The van der Waals surface area contributed by atoms with Crippen LogP contribution in [-0.4, -0.2) is 16.7 Å². The molecule has 0 radical (unpaired) electrons. The van der Waals surface area contributed by atoms with Crippen LogP contribution in [0.5, 0.6) is 5.75 Å². The van der Waals surface area contributed by atoms with Crippen molar-refractivity contribution < 1.29 is 14.6 Å². The first-order valence-corrected chi connectivity index (χ1v) is 5.78. The minimum atomic E-state index is -1.77. The van der Waals surface area contributed by atoms with Crippen LogP contribution in [0.2, 0.25) is 0 Å². The van der Waals surface area contributed by atoms with Gasteiger partial charge in [-0.1, -0.05) is 42.5 Å². The van der Waals surface area contributed by atoms with E-state index in [9.17, 15) is 9.90 Å². The van der Waals surface area contributed by atoms with Crippen molar-refractivity contribution in [3.63, 3.8) is 0 Å². The zero-order valence-electron chi connectivity index (χ0n) is 9.67. The minimum Gasteiger partial charge on any atom is -0.453 e. The number of ether oxygens (including phenoxy) is 1. The molecule has 0 aliphatic carbocycles. The number of rotatable bonds is 2. The van der Waals surface area contributed by atoms with Gasteiger partial charge >= 0.3 is 0 Å². The average molecular weight is 240 g/mol. The van der Waals surface area contributed by atoms with Crippen molar-refractivity contribution in [1.82, 2.24) is 0 Å². The molecule has 1 aliphatic heterocycles. The van der Waals surface area contributed by atoms with E-state index in [0.29, 0.717) is 11.3 Å². The first kappa shape index (κ1) is 11.0. The van der Waals surface area contributed by atoms with Gasteiger partial charge in [0.15, 0.2) is 0 Å². The lowest BCUT2D eigenvalue weighted by Crippen LogP contribution is -2.42. The highest BCUT2D eigenvalue weighted by atomic mass is 16.6. The normalized spacial score (nSPS) is 21.5. The molecule has 3 nitrogen and oxygen atoms in total. The summed E-state index contributed by atoms with van der Waals surface area (Å²) in [5.41, 5.74) is 1.30. The van der Waals surface area contributed by atoms with Gasteiger partial charge < -0.3 is 9.84 Å². The number of hydrogen-bond acceptors (Lipinski definition) is 3. The summed E-state index contributed by atoms with van der Waals surface area (Å²) in [6.45, 7) is 0. The van der Waals surface area contributed by atoms with Crippen molar-refractivity contribution in [3.05, 3.63) is 65.7 Å². The number of para-hydroxylation sites is 1. The molecule has 0 saturated carbocycles. The van der Waals surface area contributed by atoms with Gasteiger partial charge in [0.1, 0.15) is 5.75 Å². The summed E-state index contributed by atoms with van der Waals surface area (Å²) in [7, 11) is 0. The number of hydrogen-bond donors (Lipinski definition) is 1. The quantitative estimate of drug-likeness (QED) is 0.875. The summed E-state index contributed by atoms with van der Waals surface area (Å²) in [5, 5.41) is 10.4. The Bertz CT molecular complexity index is 592. The van der Waals surface area contributed by atoms with Crippen LogP contribution in [0, 0.1) is 0 Å². The number of carbonyl (C=O) groups is 1. The maximum atomic E-state index is 12.1. The predicted molar refractivity (Wildman–Crippen MR) is 66.5 cm³/mol. The lowest BCUT2D eigenvalue weighted by molar-refractivity contribution is -0.0888. The third-order valence-electron chi connectivity index (χ3n) is 3.05. The molecule has 1 atom stereocenters. The summed E-state index contributed by atoms with van der Waals surface area (Å²) in [5.74, 6) is -1.70. The van der Waals surface area contributed by atoms with E-state index in [0.717, 1.165) is 5.56 Å². The van der Waals surface area contributed by atoms with Crippen molar-refractivity contribution in [2.24, 2.45) is 0 Å². The van der Waals surface area contributed by atoms with Crippen molar-refractivity contribution in [2.45, 2.75) is 12.2 Å². The number of carbonyl (C=O) groups excluding carboxylic acids is 1. The number of benzene rings is 2. The number of ketones is 1. The third kappa shape index (κ3) is 1.69. The Hall–Kier alpha value is -2.13. The van der Waals surface area contributed by atoms with Gasteiger partial charge in [-0.25, -0.2) is 0 Å². The fourth-order valence-corrected chi connectivity index (χ4v) is 2.17. The Morgan fingerprint density at radius 3 is 2.39 bits per heavy atom. The first-order chi connectivity index (χ1) is 8.69. The van der Waals surface area contributed by atoms with Crippen molar-refractivity contribution in [3.8, 4) is 5.75 Å². The van der Waals surface area contributed by atoms with E-state index >= 15 is 0 Å². The summed E-state index contributed by atoms with van der Waals surface area (Å²) >= 11 is 0. The van der Waals surface area contributed by atoms with Crippen LogP contribution in [0.25, 0.3) is 0 Å². The van der Waals surface area contributed by atoms with E-state index in [1.165, 1.54) is 0 Å². The molecule has 2 aromatic carbocycles. The molecule has 0 spiro atoms. The Labute approximate surface area is 105 Å². The Morgan fingerprint density at radius 1 is 1.00 bits per heavy atom. The highest BCUT2D eigenvalue weighted by Crippen LogP contribution is 2.35. The lowest BCUT2D eigenvalue weighted by Gasteiger charge is -2.20. The zero-order chi connectivity index (χ0) is 12.6. The van der Waals surface area contributed by atoms with Crippen LogP contribution >= 0.6 is 0 Å².